The van der Waals surface area contributed by atoms with E-state index in [0.29, 0.717) is 33.8 Å². The Morgan fingerprint density at radius 2 is 1.45 bits per heavy atom. The van der Waals surface area contributed by atoms with Crippen molar-refractivity contribution in [2.45, 2.75) is 57.5 Å². The van der Waals surface area contributed by atoms with E-state index in [1.54, 1.807) is 24.3 Å². The Labute approximate surface area is 243 Å². The van der Waals surface area contributed by atoms with E-state index >= 15 is 0 Å². The lowest BCUT2D eigenvalue weighted by Crippen LogP contribution is -2.36. The van der Waals surface area contributed by atoms with Gasteiger partial charge in [-0.2, -0.15) is 0 Å². The van der Waals surface area contributed by atoms with Crippen molar-refractivity contribution in [3.8, 4) is 22.4 Å². The third-order valence-corrected chi connectivity index (χ3v) is 7.11. The Morgan fingerprint density at radius 3 is 2.02 bits per heavy atom. The number of amides is 1. The molecule has 1 aromatic heterocycles. The number of carbonyl (C=O) groups excluding carboxylic acids is 1. The molecule has 0 radical (unpaired) electrons. The van der Waals surface area contributed by atoms with E-state index in [-0.39, 0.29) is 31.2 Å². The van der Waals surface area contributed by atoms with Crippen LogP contribution >= 0.6 is 0 Å². The summed E-state index contributed by atoms with van der Waals surface area (Å²) in [6.45, 7) is 4.10. The number of para-hydroxylation sites is 1. The monoisotopic (exact) mass is 574 g/mol. The highest BCUT2D eigenvalue weighted by Crippen LogP contribution is 2.42. The lowest BCUT2D eigenvalue weighted by Gasteiger charge is -2.21. The molecule has 0 aliphatic carbocycles. The molecule has 0 saturated heterocycles. The minimum atomic E-state index is -2.02. The number of benzene rings is 3. The van der Waals surface area contributed by atoms with Crippen molar-refractivity contribution in [1.82, 2.24) is 4.57 Å². The lowest BCUT2D eigenvalue weighted by molar-refractivity contribution is -0.153. The Balaban J connectivity index is 1.88. The van der Waals surface area contributed by atoms with Crippen LogP contribution in [0.1, 0.15) is 48.7 Å². The number of nitrogens with zero attached hydrogens (tertiary/aromatic N) is 1. The average molecular weight is 575 g/mol. The Bertz CT molecular complexity index is 1500. The lowest BCUT2D eigenvalue weighted by atomic mass is 9.94. The number of nitrogens with one attached hydrogen (secondary N) is 1. The van der Waals surface area contributed by atoms with Crippen LogP contribution in [-0.2, 0) is 11.3 Å². The van der Waals surface area contributed by atoms with E-state index in [0.717, 1.165) is 5.56 Å². The van der Waals surface area contributed by atoms with Gasteiger partial charge in [-0.05, 0) is 59.9 Å². The van der Waals surface area contributed by atoms with Gasteiger partial charge in [0.15, 0.2) is 6.10 Å². The SMILES string of the molecule is CC(C)c1c(C(=O)Nc2ccccc2)c(-c2ccccc2)c(-c2ccc(F)cc2)n1CC[C@@H](O)C[C@@H](O)C(O)C(=O)O. The maximum atomic E-state index is 14.1. The van der Waals surface area contributed by atoms with Gasteiger partial charge < -0.3 is 30.3 Å². The van der Waals surface area contributed by atoms with Crippen LogP contribution in [0.4, 0.5) is 10.1 Å². The summed E-state index contributed by atoms with van der Waals surface area (Å²) in [4.78, 5) is 25.1. The van der Waals surface area contributed by atoms with E-state index in [4.69, 9.17) is 5.11 Å². The van der Waals surface area contributed by atoms with Gasteiger partial charge in [0.25, 0.3) is 5.91 Å². The summed E-state index contributed by atoms with van der Waals surface area (Å²) in [6.07, 6.45) is -5.11. The summed E-state index contributed by atoms with van der Waals surface area (Å²) in [5.41, 5.74) is 4.49. The van der Waals surface area contributed by atoms with Gasteiger partial charge in [-0.3, -0.25) is 4.79 Å². The number of halogens is 1. The molecule has 8 nitrogen and oxygen atoms in total. The van der Waals surface area contributed by atoms with Crippen molar-refractivity contribution in [2.24, 2.45) is 0 Å². The van der Waals surface area contributed by atoms with Crippen LogP contribution in [0.3, 0.4) is 0 Å². The largest absolute Gasteiger partial charge is 0.479 e. The molecule has 1 heterocycles. The van der Waals surface area contributed by atoms with Gasteiger partial charge in [0.1, 0.15) is 5.82 Å². The smallest absolute Gasteiger partial charge is 0.335 e. The zero-order valence-corrected chi connectivity index (χ0v) is 23.4. The highest BCUT2D eigenvalue weighted by Gasteiger charge is 2.31. The first-order chi connectivity index (χ1) is 20.1. The van der Waals surface area contributed by atoms with Crippen LogP contribution in [0.15, 0.2) is 84.9 Å². The van der Waals surface area contributed by atoms with Crippen LogP contribution < -0.4 is 5.32 Å². The Hall–Kier alpha value is -4.31. The number of aliphatic hydroxyl groups is 3. The summed E-state index contributed by atoms with van der Waals surface area (Å²) in [5.74, 6) is -2.48. The molecule has 3 atom stereocenters. The summed E-state index contributed by atoms with van der Waals surface area (Å²) < 4.78 is 16.0. The van der Waals surface area contributed by atoms with E-state index in [9.17, 15) is 29.3 Å². The molecule has 0 fully saturated rings. The Morgan fingerprint density at radius 1 is 0.857 bits per heavy atom. The molecule has 1 amide bonds. The molecule has 3 aromatic carbocycles. The van der Waals surface area contributed by atoms with Crippen molar-refractivity contribution in [3.05, 3.63) is 102 Å². The van der Waals surface area contributed by atoms with Gasteiger partial charge in [-0.1, -0.05) is 62.4 Å². The second-order valence-electron chi connectivity index (χ2n) is 10.5. The van der Waals surface area contributed by atoms with Gasteiger partial charge in [-0.25, -0.2) is 9.18 Å². The van der Waals surface area contributed by atoms with Crippen LogP contribution in [-0.4, -0.2) is 55.2 Å². The molecule has 4 aromatic rings. The minimum absolute atomic E-state index is 0.0833. The minimum Gasteiger partial charge on any atom is -0.479 e. The maximum Gasteiger partial charge on any atom is 0.335 e. The second-order valence-corrected chi connectivity index (χ2v) is 10.5. The third kappa shape index (κ3) is 6.94. The predicted molar refractivity (Wildman–Crippen MR) is 159 cm³/mol. The number of carbonyl (C=O) groups is 2. The number of hydrogen-bond acceptors (Lipinski definition) is 5. The number of rotatable bonds is 12. The predicted octanol–water partition coefficient (Wildman–Crippen LogP) is 5.28. The van der Waals surface area contributed by atoms with Gasteiger partial charge in [0.05, 0.1) is 23.5 Å². The average Bonchev–Trinajstić information content (AvgIpc) is 3.32. The first kappa shape index (κ1) is 30.6. The summed E-state index contributed by atoms with van der Waals surface area (Å²) in [7, 11) is 0. The van der Waals surface area contributed by atoms with Gasteiger partial charge >= 0.3 is 5.97 Å². The number of aromatic nitrogens is 1. The molecule has 5 N–H and O–H groups in total. The van der Waals surface area contributed by atoms with Gasteiger partial charge in [0, 0.05) is 29.9 Å². The molecule has 4 rings (SSSR count). The topological polar surface area (TPSA) is 132 Å². The first-order valence-corrected chi connectivity index (χ1v) is 13.8. The number of carboxylic acids is 1. The van der Waals surface area contributed by atoms with E-state index in [1.807, 2.05) is 66.9 Å². The number of aliphatic carboxylic acids is 1. The fraction of sp³-hybridized carbons (Fsp3) is 0.273. The highest BCUT2D eigenvalue weighted by molar-refractivity contribution is 6.12. The fourth-order valence-electron chi connectivity index (χ4n) is 5.18. The molecule has 0 bridgehead atoms. The van der Waals surface area contributed by atoms with Crippen LogP contribution in [0.2, 0.25) is 0 Å². The van der Waals surface area contributed by atoms with Crippen molar-refractivity contribution in [1.29, 1.82) is 0 Å². The van der Waals surface area contributed by atoms with Crippen molar-refractivity contribution >= 4 is 17.6 Å². The molecule has 0 spiro atoms. The molecule has 0 saturated carbocycles. The Kier molecular flexibility index (Phi) is 9.90. The second kappa shape index (κ2) is 13.6. The maximum absolute atomic E-state index is 14.1. The molecule has 42 heavy (non-hydrogen) atoms. The quantitative estimate of drug-likeness (QED) is 0.156. The van der Waals surface area contributed by atoms with Gasteiger partial charge in [-0.15, -0.1) is 0 Å². The molecule has 0 aliphatic rings. The first-order valence-electron chi connectivity index (χ1n) is 13.8. The standard InChI is InChI=1S/C33H35FN2O6/c1-20(2)29-28(32(40)35-24-11-7-4-8-12-24)27(21-9-5-3-6-10-21)30(22-13-15-23(34)16-14-22)36(29)18-17-25(37)19-26(38)31(39)33(41)42/h3-16,20,25-26,31,37-39H,17-19H2,1-2H3,(H,35,40)(H,41,42)/t25-,26-,31?/m1/s1. The number of anilines is 1. The third-order valence-electron chi connectivity index (χ3n) is 7.11. The zero-order valence-electron chi connectivity index (χ0n) is 23.4. The highest BCUT2D eigenvalue weighted by atomic mass is 19.1. The number of hydrogen-bond donors (Lipinski definition) is 5. The fourth-order valence-corrected chi connectivity index (χ4v) is 5.18. The summed E-state index contributed by atoms with van der Waals surface area (Å²) >= 11 is 0. The van der Waals surface area contributed by atoms with Crippen molar-refractivity contribution in [2.75, 3.05) is 5.32 Å². The molecular weight excluding hydrogens is 539 g/mol. The van der Waals surface area contributed by atoms with Crippen molar-refractivity contribution in [3.63, 3.8) is 0 Å². The normalized spacial score (nSPS) is 13.5. The van der Waals surface area contributed by atoms with Crippen molar-refractivity contribution < 1.29 is 34.4 Å². The molecule has 9 heteroatoms. The number of aliphatic hydroxyl groups excluding tert-OH is 3. The van der Waals surface area contributed by atoms with E-state index in [2.05, 4.69) is 5.32 Å². The zero-order chi connectivity index (χ0) is 30.4. The summed E-state index contributed by atoms with van der Waals surface area (Å²) in [6, 6.07) is 24.5. The van der Waals surface area contributed by atoms with Crippen LogP contribution in [0.25, 0.3) is 22.4 Å². The van der Waals surface area contributed by atoms with E-state index in [1.165, 1.54) is 12.1 Å². The number of carboxylic acid groups (broad SMARTS) is 1. The molecular formula is C33H35FN2O6. The van der Waals surface area contributed by atoms with Crippen LogP contribution in [0, 0.1) is 5.82 Å². The summed E-state index contributed by atoms with van der Waals surface area (Å²) in [5, 5.41) is 42.5. The molecule has 1 unspecified atom stereocenters. The molecule has 220 valence electrons. The van der Waals surface area contributed by atoms with Crippen LogP contribution in [0.5, 0.6) is 0 Å². The van der Waals surface area contributed by atoms with Gasteiger partial charge in [0.2, 0.25) is 0 Å². The van der Waals surface area contributed by atoms with E-state index < -0.39 is 30.1 Å². The molecule has 0 aliphatic heterocycles.